The maximum Gasteiger partial charge on any atom is 0.283 e. The first-order chi connectivity index (χ1) is 10.8. The fourth-order valence-electron chi connectivity index (χ4n) is 2.06. The third-order valence-electron chi connectivity index (χ3n) is 3.02. The van der Waals surface area contributed by atoms with Crippen LogP contribution in [0.25, 0.3) is 0 Å². The lowest BCUT2D eigenvalue weighted by Crippen LogP contribution is -2.34. The van der Waals surface area contributed by atoms with Crippen LogP contribution in [0.3, 0.4) is 0 Å². The summed E-state index contributed by atoms with van der Waals surface area (Å²) in [6.45, 7) is 1.15. The molecule has 22 heavy (non-hydrogen) atoms. The molecule has 0 spiro atoms. The normalized spacial score (nSPS) is 14.0. The number of benzene rings is 1. The van der Waals surface area contributed by atoms with Crippen LogP contribution >= 0.6 is 23.1 Å². The van der Waals surface area contributed by atoms with Crippen molar-refractivity contribution in [1.29, 1.82) is 0 Å². The first-order valence-corrected chi connectivity index (χ1v) is 8.66. The van der Waals surface area contributed by atoms with Crippen molar-refractivity contribution >= 4 is 39.9 Å². The summed E-state index contributed by atoms with van der Waals surface area (Å²) in [4.78, 5) is 23.3. The molecule has 3 rings (SSSR count). The third-order valence-corrected chi connectivity index (χ3v) is 4.80. The number of methoxy groups -OCH3 is 1. The molecule has 2 aromatic rings. The monoisotopic (exact) mass is 333 g/mol. The number of nitrogens with zero attached hydrogens (tertiary/aromatic N) is 3. The Morgan fingerprint density at radius 1 is 1.36 bits per heavy atom. The second-order valence-electron chi connectivity index (χ2n) is 4.55. The van der Waals surface area contributed by atoms with E-state index in [1.54, 1.807) is 29.2 Å². The predicted octanol–water partition coefficient (Wildman–Crippen LogP) is 3.04. The number of hydrogen-bond acceptors (Lipinski definition) is 6. The van der Waals surface area contributed by atoms with Crippen LogP contribution in [-0.4, -0.2) is 35.5 Å². The maximum absolute atomic E-state index is 12.9. The Morgan fingerprint density at radius 3 is 2.86 bits per heavy atom. The molecule has 1 aliphatic rings. The van der Waals surface area contributed by atoms with Gasteiger partial charge in [0.2, 0.25) is 0 Å². The number of aromatic nitrogens is 1. The Hall–Kier alpha value is -1.70. The summed E-state index contributed by atoms with van der Waals surface area (Å²) in [5.41, 5.74) is 1.23. The fraction of sp³-hybridized carbons (Fsp3) is 0.267. The number of aliphatic imine (C=N–C) groups is 1. The number of ether oxygens (including phenoxy) is 1. The average Bonchev–Trinajstić information content (AvgIpc) is 3.21. The summed E-state index contributed by atoms with van der Waals surface area (Å²) in [5.74, 6) is 0.746. The Bertz CT molecular complexity index is 685. The van der Waals surface area contributed by atoms with E-state index in [1.165, 1.54) is 11.3 Å². The number of carbonyl (C=O) groups is 1. The minimum absolute atomic E-state index is 0.155. The summed E-state index contributed by atoms with van der Waals surface area (Å²) in [7, 11) is 1.61. The lowest BCUT2D eigenvalue weighted by Gasteiger charge is -2.21. The molecule has 0 saturated heterocycles. The highest BCUT2D eigenvalue weighted by Crippen LogP contribution is 2.25. The molecule has 0 fully saturated rings. The molecule has 1 aromatic carbocycles. The van der Waals surface area contributed by atoms with E-state index >= 15 is 0 Å². The Morgan fingerprint density at radius 2 is 2.18 bits per heavy atom. The standard InChI is InChI=1S/C15H15N3O2S2/c1-20-9-13-17-12(10-22-13)14(19)18(15-16-7-8-21-15)11-5-3-2-4-6-11/h2-6,10H,7-9H2,1H3. The van der Waals surface area contributed by atoms with Gasteiger partial charge < -0.3 is 4.74 Å². The van der Waals surface area contributed by atoms with Crippen LogP contribution in [0, 0.1) is 0 Å². The van der Waals surface area contributed by atoms with Crippen molar-refractivity contribution in [3.05, 3.63) is 46.4 Å². The first kappa shape index (κ1) is 15.2. The van der Waals surface area contributed by atoms with Crippen molar-refractivity contribution in [3.8, 4) is 0 Å². The van der Waals surface area contributed by atoms with E-state index in [4.69, 9.17) is 4.74 Å². The van der Waals surface area contributed by atoms with Crippen LogP contribution in [0.1, 0.15) is 15.5 Å². The van der Waals surface area contributed by atoms with Crippen molar-refractivity contribution in [1.82, 2.24) is 4.98 Å². The molecule has 7 heteroatoms. The maximum atomic E-state index is 12.9. The van der Waals surface area contributed by atoms with Crippen molar-refractivity contribution in [2.45, 2.75) is 6.61 Å². The van der Waals surface area contributed by atoms with E-state index in [9.17, 15) is 4.79 Å². The summed E-state index contributed by atoms with van der Waals surface area (Å²) in [6.07, 6.45) is 0. The number of anilines is 1. The van der Waals surface area contributed by atoms with Crippen LogP contribution in [0.4, 0.5) is 5.69 Å². The second-order valence-corrected chi connectivity index (χ2v) is 6.55. The van der Waals surface area contributed by atoms with Crippen molar-refractivity contribution in [2.24, 2.45) is 4.99 Å². The molecule has 0 N–H and O–H groups in total. The van der Waals surface area contributed by atoms with Crippen LogP contribution in [-0.2, 0) is 11.3 Å². The van der Waals surface area contributed by atoms with E-state index in [0.29, 0.717) is 12.3 Å². The molecule has 1 aromatic heterocycles. The molecule has 2 heterocycles. The molecule has 0 aliphatic carbocycles. The molecule has 0 unspecified atom stereocenters. The first-order valence-electron chi connectivity index (χ1n) is 6.79. The SMILES string of the molecule is COCc1nc(C(=O)N(C2=NCCS2)c2ccccc2)cs1. The minimum Gasteiger partial charge on any atom is -0.378 e. The lowest BCUT2D eigenvalue weighted by atomic mass is 10.3. The quantitative estimate of drug-likeness (QED) is 0.863. The van der Waals surface area contributed by atoms with Crippen LogP contribution in [0.5, 0.6) is 0 Å². The summed E-state index contributed by atoms with van der Waals surface area (Å²) >= 11 is 3.02. The zero-order valence-corrected chi connectivity index (χ0v) is 13.7. The average molecular weight is 333 g/mol. The van der Waals surface area contributed by atoms with E-state index in [0.717, 1.165) is 28.2 Å². The van der Waals surface area contributed by atoms with Crippen molar-refractivity contribution in [2.75, 3.05) is 24.3 Å². The van der Waals surface area contributed by atoms with Gasteiger partial charge in [0.1, 0.15) is 10.7 Å². The van der Waals surface area contributed by atoms with E-state index in [-0.39, 0.29) is 5.91 Å². The van der Waals surface area contributed by atoms with Crippen LogP contribution in [0.15, 0.2) is 40.7 Å². The summed E-state index contributed by atoms with van der Waals surface area (Å²) < 4.78 is 5.06. The molecule has 114 valence electrons. The largest absolute Gasteiger partial charge is 0.378 e. The number of para-hydroxylation sites is 1. The van der Waals surface area contributed by atoms with Gasteiger partial charge in [-0.3, -0.25) is 14.7 Å². The number of thiazole rings is 1. The Labute approximate surface area is 137 Å². The van der Waals surface area contributed by atoms with Gasteiger partial charge in [0.05, 0.1) is 18.8 Å². The number of carbonyl (C=O) groups excluding carboxylic acids is 1. The lowest BCUT2D eigenvalue weighted by molar-refractivity contribution is 0.0998. The molecular weight excluding hydrogens is 318 g/mol. The van der Waals surface area contributed by atoms with Gasteiger partial charge in [-0.1, -0.05) is 30.0 Å². The number of rotatable bonds is 4. The number of thioether (sulfide) groups is 1. The number of amidine groups is 1. The zero-order valence-electron chi connectivity index (χ0n) is 12.1. The smallest absolute Gasteiger partial charge is 0.283 e. The van der Waals surface area contributed by atoms with Crippen molar-refractivity contribution in [3.63, 3.8) is 0 Å². The van der Waals surface area contributed by atoms with Gasteiger partial charge in [-0.05, 0) is 12.1 Å². The van der Waals surface area contributed by atoms with E-state index < -0.39 is 0 Å². The molecule has 1 aliphatic heterocycles. The molecule has 0 bridgehead atoms. The highest BCUT2D eigenvalue weighted by Gasteiger charge is 2.27. The second kappa shape index (κ2) is 7.04. The molecular formula is C15H15N3O2S2. The van der Waals surface area contributed by atoms with Gasteiger partial charge in [-0.2, -0.15) is 0 Å². The van der Waals surface area contributed by atoms with Gasteiger partial charge >= 0.3 is 0 Å². The molecule has 0 saturated carbocycles. The van der Waals surface area contributed by atoms with Crippen LogP contribution in [0.2, 0.25) is 0 Å². The van der Waals surface area contributed by atoms with Crippen molar-refractivity contribution < 1.29 is 9.53 Å². The van der Waals surface area contributed by atoms with Crippen LogP contribution < -0.4 is 4.90 Å². The number of amides is 1. The highest BCUT2D eigenvalue weighted by molar-refractivity contribution is 8.14. The summed E-state index contributed by atoms with van der Waals surface area (Å²) in [5, 5.41) is 3.30. The Kier molecular flexibility index (Phi) is 4.87. The molecule has 1 amide bonds. The van der Waals surface area contributed by atoms with Gasteiger partial charge in [0.15, 0.2) is 5.17 Å². The van der Waals surface area contributed by atoms with Gasteiger partial charge in [-0.15, -0.1) is 11.3 Å². The van der Waals surface area contributed by atoms with Gasteiger partial charge in [0.25, 0.3) is 5.91 Å². The van der Waals surface area contributed by atoms with Gasteiger partial charge in [0, 0.05) is 18.2 Å². The minimum atomic E-state index is -0.155. The number of hydrogen-bond donors (Lipinski definition) is 0. The predicted molar refractivity (Wildman–Crippen MR) is 90.8 cm³/mol. The summed E-state index contributed by atoms with van der Waals surface area (Å²) in [6, 6.07) is 9.55. The third kappa shape index (κ3) is 3.21. The van der Waals surface area contributed by atoms with Gasteiger partial charge in [-0.25, -0.2) is 4.98 Å². The van der Waals surface area contributed by atoms with E-state index in [1.807, 2.05) is 30.3 Å². The molecule has 0 radical (unpaired) electrons. The highest BCUT2D eigenvalue weighted by atomic mass is 32.2. The Balaban J connectivity index is 1.92. The molecule has 0 atom stereocenters. The van der Waals surface area contributed by atoms with E-state index in [2.05, 4.69) is 9.98 Å². The fourth-order valence-corrected chi connectivity index (χ4v) is 3.67. The zero-order chi connectivity index (χ0) is 15.4. The molecule has 5 nitrogen and oxygen atoms in total. The topological polar surface area (TPSA) is 54.8 Å².